The van der Waals surface area contributed by atoms with Crippen LogP contribution in [0.2, 0.25) is 0 Å². The number of carboxylic acid groups (broad SMARTS) is 1. The lowest BCUT2D eigenvalue weighted by atomic mass is 10.0. The lowest BCUT2D eigenvalue weighted by molar-refractivity contribution is -0.139. The van der Waals surface area contributed by atoms with Gasteiger partial charge in [-0.3, -0.25) is 10.1 Å². The Hall–Kier alpha value is -0.920. The van der Waals surface area contributed by atoms with Gasteiger partial charge in [0.1, 0.15) is 6.04 Å². The summed E-state index contributed by atoms with van der Waals surface area (Å²) in [5.74, 6) is -0.514. The van der Waals surface area contributed by atoms with E-state index in [0.29, 0.717) is 15.8 Å². The molecule has 110 valence electrons. The second kappa shape index (κ2) is 5.46. The molecule has 2 rings (SSSR count). The van der Waals surface area contributed by atoms with Gasteiger partial charge >= 0.3 is 5.97 Å². The van der Waals surface area contributed by atoms with Gasteiger partial charge in [-0.05, 0) is 26.0 Å². The number of phenolic OH excluding ortho intramolecular Hbond substituents is 1. The molecule has 3 N–H and O–H groups in total. The van der Waals surface area contributed by atoms with Crippen molar-refractivity contribution in [1.82, 2.24) is 5.32 Å². The molecule has 0 spiro atoms. The number of aromatic hydroxyl groups is 1. The summed E-state index contributed by atoms with van der Waals surface area (Å²) in [7, 11) is 1.48. The molecule has 1 heterocycles. The van der Waals surface area contributed by atoms with Gasteiger partial charge in [0.2, 0.25) is 0 Å². The van der Waals surface area contributed by atoms with Crippen molar-refractivity contribution in [1.29, 1.82) is 0 Å². The number of hydrogen-bond acceptors (Lipinski definition) is 5. The standard InChI is InChI=1S/C13H16BrNO4S/c1-13(2)10(12(17)18)15-11(20-13)8-6(14)4-5-7(19-3)9(8)16/h4-5,10-11,15-16H,1-3H3,(H,17,18). The van der Waals surface area contributed by atoms with E-state index >= 15 is 0 Å². The molecule has 1 aromatic rings. The summed E-state index contributed by atoms with van der Waals surface area (Å²) in [5.41, 5.74) is 0.603. The summed E-state index contributed by atoms with van der Waals surface area (Å²) >= 11 is 4.87. The highest BCUT2D eigenvalue weighted by Gasteiger charge is 2.46. The number of aliphatic carboxylic acids is 1. The highest BCUT2D eigenvalue weighted by Crippen LogP contribution is 2.51. The Morgan fingerprint density at radius 3 is 2.65 bits per heavy atom. The molecule has 0 aromatic heterocycles. The fourth-order valence-electron chi connectivity index (χ4n) is 2.25. The topological polar surface area (TPSA) is 78.8 Å². The number of thioether (sulfide) groups is 1. The molecule has 1 aliphatic heterocycles. The van der Waals surface area contributed by atoms with Crippen molar-refractivity contribution < 1.29 is 19.7 Å². The highest BCUT2D eigenvalue weighted by atomic mass is 79.9. The molecule has 1 aromatic carbocycles. The molecule has 20 heavy (non-hydrogen) atoms. The predicted octanol–water partition coefficient (Wildman–Crippen LogP) is 2.73. The fraction of sp³-hybridized carbons (Fsp3) is 0.462. The van der Waals surface area contributed by atoms with Gasteiger partial charge in [-0.25, -0.2) is 0 Å². The smallest absolute Gasteiger partial charge is 0.322 e. The van der Waals surface area contributed by atoms with E-state index in [-0.39, 0.29) is 11.1 Å². The largest absolute Gasteiger partial charge is 0.504 e. The van der Waals surface area contributed by atoms with E-state index in [1.165, 1.54) is 18.9 Å². The number of halogens is 1. The SMILES string of the molecule is COc1ccc(Br)c(C2NC(C(=O)O)C(C)(C)S2)c1O. The molecule has 5 nitrogen and oxygen atoms in total. The molecule has 0 aliphatic carbocycles. The van der Waals surface area contributed by atoms with Gasteiger partial charge < -0.3 is 14.9 Å². The molecular formula is C13H16BrNO4S. The van der Waals surface area contributed by atoms with E-state index in [4.69, 9.17) is 4.74 Å². The van der Waals surface area contributed by atoms with E-state index in [1.54, 1.807) is 12.1 Å². The number of benzene rings is 1. The van der Waals surface area contributed by atoms with E-state index in [2.05, 4.69) is 21.2 Å². The van der Waals surface area contributed by atoms with Gasteiger partial charge in [0, 0.05) is 14.8 Å². The molecule has 1 fully saturated rings. The van der Waals surface area contributed by atoms with Crippen LogP contribution in [0.15, 0.2) is 16.6 Å². The van der Waals surface area contributed by atoms with E-state index in [9.17, 15) is 15.0 Å². The highest BCUT2D eigenvalue weighted by molar-refractivity contribution is 9.10. The van der Waals surface area contributed by atoms with Gasteiger partial charge in [-0.15, -0.1) is 11.8 Å². The summed E-state index contributed by atoms with van der Waals surface area (Å²) in [6.07, 6.45) is 0. The minimum Gasteiger partial charge on any atom is -0.504 e. The molecule has 1 saturated heterocycles. The normalized spacial score (nSPS) is 24.6. The predicted molar refractivity (Wildman–Crippen MR) is 81.3 cm³/mol. The average Bonchev–Trinajstić information content (AvgIpc) is 2.65. The van der Waals surface area contributed by atoms with Gasteiger partial charge in [0.15, 0.2) is 11.5 Å². The van der Waals surface area contributed by atoms with E-state index < -0.39 is 16.8 Å². The summed E-state index contributed by atoms with van der Waals surface area (Å²) in [5, 5.41) is 22.3. The first-order valence-corrected chi connectivity index (χ1v) is 7.67. The Balaban J connectivity index is 2.42. The van der Waals surface area contributed by atoms with Crippen molar-refractivity contribution in [2.45, 2.75) is 30.0 Å². The number of carboxylic acids is 1. The average molecular weight is 362 g/mol. The van der Waals surface area contributed by atoms with Crippen LogP contribution >= 0.6 is 27.7 Å². The van der Waals surface area contributed by atoms with Gasteiger partial charge in [0.25, 0.3) is 0 Å². The summed E-state index contributed by atoms with van der Waals surface area (Å²) in [6, 6.07) is 2.74. The van der Waals surface area contributed by atoms with Gasteiger partial charge in [-0.2, -0.15) is 0 Å². The zero-order valence-electron chi connectivity index (χ0n) is 11.3. The zero-order chi connectivity index (χ0) is 15.1. The van der Waals surface area contributed by atoms with Crippen molar-refractivity contribution in [3.63, 3.8) is 0 Å². The lowest BCUT2D eigenvalue weighted by Gasteiger charge is -2.20. The van der Waals surface area contributed by atoms with Crippen LogP contribution in [0, 0.1) is 0 Å². The molecule has 2 unspecified atom stereocenters. The van der Waals surface area contributed by atoms with Gasteiger partial charge in [-0.1, -0.05) is 15.9 Å². The van der Waals surface area contributed by atoms with Crippen molar-refractivity contribution in [2.24, 2.45) is 0 Å². The first-order chi connectivity index (χ1) is 9.27. The molecular weight excluding hydrogens is 346 g/mol. The van der Waals surface area contributed by atoms with E-state index in [0.717, 1.165) is 0 Å². The van der Waals surface area contributed by atoms with Crippen molar-refractivity contribution in [2.75, 3.05) is 7.11 Å². The van der Waals surface area contributed by atoms with Crippen LogP contribution in [0.4, 0.5) is 0 Å². The van der Waals surface area contributed by atoms with Crippen molar-refractivity contribution in [3.8, 4) is 11.5 Å². The number of hydrogen-bond donors (Lipinski definition) is 3. The molecule has 0 bridgehead atoms. The number of carbonyl (C=O) groups is 1. The maximum atomic E-state index is 11.3. The third kappa shape index (κ3) is 2.62. The summed E-state index contributed by atoms with van der Waals surface area (Å²) in [6.45, 7) is 3.74. The Labute approximate surface area is 129 Å². The zero-order valence-corrected chi connectivity index (χ0v) is 13.7. The third-order valence-corrected chi connectivity index (χ3v) is 5.43. The van der Waals surface area contributed by atoms with Crippen LogP contribution in [0.25, 0.3) is 0 Å². The van der Waals surface area contributed by atoms with Crippen LogP contribution in [0.3, 0.4) is 0 Å². The molecule has 0 saturated carbocycles. The van der Waals surface area contributed by atoms with E-state index in [1.807, 2.05) is 13.8 Å². The number of rotatable bonds is 3. The molecule has 0 radical (unpaired) electrons. The Bertz CT molecular complexity index is 549. The second-order valence-electron chi connectivity index (χ2n) is 5.05. The fourth-order valence-corrected chi connectivity index (χ4v) is 4.42. The molecule has 7 heteroatoms. The number of nitrogens with one attached hydrogen (secondary N) is 1. The molecule has 2 atom stereocenters. The number of phenols is 1. The van der Waals surface area contributed by atoms with Gasteiger partial charge in [0.05, 0.1) is 12.5 Å². The summed E-state index contributed by atoms with van der Waals surface area (Å²) in [4.78, 5) is 11.3. The van der Waals surface area contributed by atoms with Crippen LogP contribution in [0.5, 0.6) is 11.5 Å². The minimum absolute atomic E-state index is 0.0220. The van der Waals surface area contributed by atoms with Crippen molar-refractivity contribution in [3.05, 3.63) is 22.2 Å². The molecule has 0 amide bonds. The van der Waals surface area contributed by atoms with Crippen LogP contribution in [0.1, 0.15) is 24.8 Å². The van der Waals surface area contributed by atoms with Crippen LogP contribution in [-0.2, 0) is 4.79 Å². The maximum absolute atomic E-state index is 11.3. The van der Waals surface area contributed by atoms with Crippen LogP contribution in [-0.4, -0.2) is 34.1 Å². The Morgan fingerprint density at radius 2 is 2.15 bits per heavy atom. The third-order valence-electron chi connectivity index (χ3n) is 3.29. The maximum Gasteiger partial charge on any atom is 0.322 e. The first kappa shape index (κ1) is 15.5. The van der Waals surface area contributed by atoms with Crippen LogP contribution < -0.4 is 10.1 Å². The monoisotopic (exact) mass is 361 g/mol. The van der Waals surface area contributed by atoms with Crippen molar-refractivity contribution >= 4 is 33.7 Å². The lowest BCUT2D eigenvalue weighted by Crippen LogP contribution is -2.43. The quantitative estimate of drug-likeness (QED) is 0.768. The second-order valence-corrected chi connectivity index (χ2v) is 7.66. The summed E-state index contributed by atoms with van der Waals surface area (Å²) < 4.78 is 5.33. The number of methoxy groups -OCH3 is 1. The molecule has 1 aliphatic rings. The first-order valence-electron chi connectivity index (χ1n) is 6.00. The Kier molecular flexibility index (Phi) is 4.22. The number of ether oxygens (including phenoxy) is 1. The minimum atomic E-state index is -0.900. The Morgan fingerprint density at radius 1 is 1.50 bits per heavy atom.